The Labute approximate surface area is 188 Å². The van der Waals surface area contributed by atoms with Crippen LogP contribution in [0.4, 0.5) is 11.4 Å². The van der Waals surface area contributed by atoms with Crippen LogP contribution in [0, 0.1) is 0 Å². The largest absolute Gasteiger partial charge is 0.491 e. The molecule has 3 aromatic rings. The van der Waals surface area contributed by atoms with Crippen molar-refractivity contribution in [3.05, 3.63) is 84.4 Å². The van der Waals surface area contributed by atoms with Gasteiger partial charge in [-0.2, -0.15) is 0 Å². The molecule has 6 heteroatoms. The summed E-state index contributed by atoms with van der Waals surface area (Å²) in [6.45, 7) is 2.02. The molecule has 1 atom stereocenters. The number of nitrogens with one attached hydrogen (secondary N) is 2. The van der Waals surface area contributed by atoms with E-state index in [0.29, 0.717) is 18.9 Å². The number of anilines is 2. The third-order valence-electron chi connectivity index (χ3n) is 5.13. The molecule has 0 aliphatic carbocycles. The highest BCUT2D eigenvalue weighted by Crippen LogP contribution is 2.20. The maximum Gasteiger partial charge on any atom is 0.243 e. The summed E-state index contributed by atoms with van der Waals surface area (Å²) in [5.74, 6) is 1.37. The summed E-state index contributed by atoms with van der Waals surface area (Å²) in [4.78, 5) is 12.3. The van der Waals surface area contributed by atoms with Crippen LogP contribution in [-0.4, -0.2) is 31.8 Å². The van der Waals surface area contributed by atoms with Crippen molar-refractivity contribution in [3.8, 4) is 11.5 Å². The zero-order valence-electron chi connectivity index (χ0n) is 18.0. The van der Waals surface area contributed by atoms with Gasteiger partial charge in [0.05, 0.1) is 12.6 Å². The molecule has 0 aromatic heterocycles. The first kappa shape index (κ1) is 21.7. The maximum atomic E-state index is 12.3. The van der Waals surface area contributed by atoms with Crippen LogP contribution in [0.25, 0.3) is 0 Å². The standard InChI is InChI=1S/C26H28N2O4/c29-26(28-22-8-4-9-24(16-22)32-19-25-10-5-15-30-25)17-27-21-11-13-23(14-12-21)31-18-20-6-2-1-3-7-20/h1-4,6-9,11-14,16,25,27H,5,10,15,17-19H2,(H,28,29). The van der Waals surface area contributed by atoms with Crippen LogP contribution in [0.3, 0.4) is 0 Å². The molecule has 0 saturated carbocycles. The number of rotatable bonds is 10. The molecular weight excluding hydrogens is 404 g/mol. The van der Waals surface area contributed by atoms with E-state index in [1.54, 1.807) is 0 Å². The minimum atomic E-state index is -0.134. The summed E-state index contributed by atoms with van der Waals surface area (Å²) in [6, 6.07) is 25.0. The van der Waals surface area contributed by atoms with Crippen LogP contribution in [0.1, 0.15) is 18.4 Å². The summed E-state index contributed by atoms with van der Waals surface area (Å²) in [7, 11) is 0. The number of ether oxygens (including phenoxy) is 3. The van der Waals surface area contributed by atoms with Crippen molar-refractivity contribution in [1.29, 1.82) is 0 Å². The monoisotopic (exact) mass is 432 g/mol. The molecule has 0 spiro atoms. The quantitative estimate of drug-likeness (QED) is 0.478. The predicted molar refractivity (Wildman–Crippen MR) is 125 cm³/mol. The van der Waals surface area contributed by atoms with Crippen molar-refractivity contribution in [2.75, 3.05) is 30.4 Å². The first-order valence-corrected chi connectivity index (χ1v) is 10.9. The number of hydrogen-bond donors (Lipinski definition) is 2. The van der Waals surface area contributed by atoms with E-state index < -0.39 is 0 Å². The van der Waals surface area contributed by atoms with Crippen LogP contribution in [0.5, 0.6) is 11.5 Å². The van der Waals surface area contributed by atoms with E-state index in [1.165, 1.54) is 0 Å². The Morgan fingerprint density at radius 1 is 0.906 bits per heavy atom. The third kappa shape index (κ3) is 6.75. The second kappa shape index (κ2) is 11.2. The lowest BCUT2D eigenvalue weighted by Gasteiger charge is -2.13. The van der Waals surface area contributed by atoms with Gasteiger partial charge in [0.15, 0.2) is 0 Å². The number of amides is 1. The lowest BCUT2D eigenvalue weighted by atomic mass is 10.2. The van der Waals surface area contributed by atoms with Gasteiger partial charge in [0.1, 0.15) is 24.7 Å². The molecule has 0 radical (unpaired) electrons. The highest BCUT2D eigenvalue weighted by atomic mass is 16.5. The molecule has 3 aromatic carbocycles. The number of carbonyl (C=O) groups excluding carboxylic acids is 1. The fourth-order valence-corrected chi connectivity index (χ4v) is 3.43. The van der Waals surface area contributed by atoms with Crippen LogP contribution < -0.4 is 20.1 Å². The summed E-state index contributed by atoms with van der Waals surface area (Å²) < 4.78 is 17.2. The minimum Gasteiger partial charge on any atom is -0.491 e. The second-order valence-corrected chi connectivity index (χ2v) is 7.67. The van der Waals surface area contributed by atoms with Gasteiger partial charge in [0.2, 0.25) is 5.91 Å². The first-order chi connectivity index (χ1) is 15.7. The Hall–Kier alpha value is -3.51. The fourth-order valence-electron chi connectivity index (χ4n) is 3.43. The Morgan fingerprint density at radius 3 is 2.53 bits per heavy atom. The number of hydrogen-bond acceptors (Lipinski definition) is 5. The summed E-state index contributed by atoms with van der Waals surface area (Å²) in [6.07, 6.45) is 2.27. The molecule has 1 unspecified atom stereocenters. The first-order valence-electron chi connectivity index (χ1n) is 10.9. The predicted octanol–water partition coefficient (Wildman–Crippen LogP) is 4.87. The SMILES string of the molecule is O=C(CNc1ccc(OCc2ccccc2)cc1)Nc1cccc(OCC2CCCO2)c1. The molecule has 1 aliphatic heterocycles. The normalized spacial score (nSPS) is 15.2. The second-order valence-electron chi connectivity index (χ2n) is 7.67. The Balaban J connectivity index is 1.20. The van der Waals surface area contributed by atoms with E-state index in [-0.39, 0.29) is 18.6 Å². The van der Waals surface area contributed by atoms with E-state index in [1.807, 2.05) is 78.9 Å². The number of carbonyl (C=O) groups is 1. The van der Waals surface area contributed by atoms with Gasteiger partial charge in [0, 0.05) is 24.0 Å². The van der Waals surface area contributed by atoms with Gasteiger partial charge < -0.3 is 24.8 Å². The van der Waals surface area contributed by atoms with Gasteiger partial charge in [-0.1, -0.05) is 36.4 Å². The smallest absolute Gasteiger partial charge is 0.243 e. The molecule has 1 fully saturated rings. The van der Waals surface area contributed by atoms with E-state index in [0.717, 1.165) is 42.2 Å². The van der Waals surface area contributed by atoms with E-state index in [9.17, 15) is 4.79 Å². The third-order valence-corrected chi connectivity index (χ3v) is 5.13. The van der Waals surface area contributed by atoms with Crippen molar-refractivity contribution < 1.29 is 19.0 Å². The zero-order chi connectivity index (χ0) is 22.0. The molecule has 1 aliphatic rings. The molecule has 1 saturated heterocycles. The van der Waals surface area contributed by atoms with Gasteiger partial charge in [0.25, 0.3) is 0 Å². The van der Waals surface area contributed by atoms with Gasteiger partial charge in [-0.05, 0) is 54.8 Å². The molecule has 32 heavy (non-hydrogen) atoms. The van der Waals surface area contributed by atoms with Crippen LogP contribution in [-0.2, 0) is 16.1 Å². The highest BCUT2D eigenvalue weighted by molar-refractivity contribution is 5.93. The minimum absolute atomic E-state index is 0.134. The van der Waals surface area contributed by atoms with Crippen LogP contribution in [0.15, 0.2) is 78.9 Å². The average molecular weight is 433 g/mol. The van der Waals surface area contributed by atoms with E-state index in [4.69, 9.17) is 14.2 Å². The van der Waals surface area contributed by atoms with Crippen molar-refractivity contribution in [2.45, 2.75) is 25.6 Å². The molecule has 166 valence electrons. The van der Waals surface area contributed by atoms with E-state index >= 15 is 0 Å². The Bertz CT molecular complexity index is 986. The molecular formula is C26H28N2O4. The molecule has 1 heterocycles. The summed E-state index contributed by atoms with van der Waals surface area (Å²) in [5, 5.41) is 6.02. The lowest BCUT2D eigenvalue weighted by molar-refractivity contribution is -0.114. The van der Waals surface area contributed by atoms with Gasteiger partial charge >= 0.3 is 0 Å². The van der Waals surface area contributed by atoms with Gasteiger partial charge in [-0.3, -0.25) is 4.79 Å². The Morgan fingerprint density at radius 2 is 1.75 bits per heavy atom. The van der Waals surface area contributed by atoms with Gasteiger partial charge in [-0.25, -0.2) is 0 Å². The average Bonchev–Trinajstić information content (AvgIpc) is 3.36. The molecule has 0 bridgehead atoms. The number of benzene rings is 3. The van der Waals surface area contributed by atoms with Crippen LogP contribution >= 0.6 is 0 Å². The molecule has 4 rings (SSSR count). The zero-order valence-corrected chi connectivity index (χ0v) is 18.0. The van der Waals surface area contributed by atoms with E-state index in [2.05, 4.69) is 10.6 Å². The summed E-state index contributed by atoms with van der Waals surface area (Å²) in [5.41, 5.74) is 2.67. The van der Waals surface area contributed by atoms with Crippen molar-refractivity contribution in [3.63, 3.8) is 0 Å². The lowest BCUT2D eigenvalue weighted by Crippen LogP contribution is -2.21. The maximum absolute atomic E-state index is 12.3. The topological polar surface area (TPSA) is 68.8 Å². The molecule has 2 N–H and O–H groups in total. The highest BCUT2D eigenvalue weighted by Gasteiger charge is 2.16. The van der Waals surface area contributed by atoms with Gasteiger partial charge in [-0.15, -0.1) is 0 Å². The molecule has 6 nitrogen and oxygen atoms in total. The van der Waals surface area contributed by atoms with Crippen molar-refractivity contribution in [2.24, 2.45) is 0 Å². The van der Waals surface area contributed by atoms with Crippen molar-refractivity contribution >= 4 is 17.3 Å². The fraction of sp³-hybridized carbons (Fsp3) is 0.269. The molecule has 1 amide bonds. The summed E-state index contributed by atoms with van der Waals surface area (Å²) >= 11 is 0. The Kier molecular flexibility index (Phi) is 7.60. The van der Waals surface area contributed by atoms with Crippen molar-refractivity contribution in [1.82, 2.24) is 0 Å². The van der Waals surface area contributed by atoms with Crippen LogP contribution in [0.2, 0.25) is 0 Å².